The molecule has 0 aliphatic heterocycles. The van der Waals surface area contributed by atoms with Crippen molar-refractivity contribution in [1.29, 1.82) is 0 Å². The van der Waals surface area contributed by atoms with Crippen molar-refractivity contribution < 1.29 is 14.3 Å². The normalized spacial score (nSPS) is 17.5. The summed E-state index contributed by atoms with van der Waals surface area (Å²) >= 11 is 0. The van der Waals surface area contributed by atoms with Crippen molar-refractivity contribution in [2.24, 2.45) is 0 Å². The molecule has 0 aromatic heterocycles. The van der Waals surface area contributed by atoms with E-state index in [1.165, 1.54) is 6.07 Å². The summed E-state index contributed by atoms with van der Waals surface area (Å²) in [5, 5.41) is 8.81. The molecule has 80 valence electrons. The monoisotopic (exact) mass is 208 g/mol. The Balaban J connectivity index is 2.41. The van der Waals surface area contributed by atoms with Gasteiger partial charge in [0.2, 0.25) is 0 Å². The fraction of sp³-hybridized carbons (Fsp3) is 0.417. The lowest BCUT2D eigenvalue weighted by atomic mass is 9.88. The maximum Gasteiger partial charge on any atom is 0.304 e. The molecule has 2 rings (SSSR count). The molecule has 0 heterocycles. The Labute approximate surface area is 87.7 Å². The molecule has 1 aliphatic rings. The van der Waals surface area contributed by atoms with Crippen LogP contribution in [0.4, 0.5) is 4.39 Å². The van der Waals surface area contributed by atoms with E-state index in [0.29, 0.717) is 5.56 Å². The first-order valence-electron chi connectivity index (χ1n) is 5.02. The summed E-state index contributed by atoms with van der Waals surface area (Å²) < 4.78 is 13.6. The predicted octanol–water partition coefficient (Wildman–Crippen LogP) is 2.64. The van der Waals surface area contributed by atoms with Crippen molar-refractivity contribution in [3.05, 3.63) is 35.1 Å². The van der Waals surface area contributed by atoms with E-state index < -0.39 is 11.4 Å². The van der Waals surface area contributed by atoms with Gasteiger partial charge in [0.05, 0.1) is 6.42 Å². The number of hydrogen-bond acceptors (Lipinski definition) is 1. The van der Waals surface area contributed by atoms with E-state index in [-0.39, 0.29) is 12.2 Å². The van der Waals surface area contributed by atoms with Gasteiger partial charge in [-0.05, 0) is 37.0 Å². The van der Waals surface area contributed by atoms with Crippen LogP contribution in [0.3, 0.4) is 0 Å². The highest BCUT2D eigenvalue weighted by atomic mass is 19.1. The Kier molecular flexibility index (Phi) is 2.25. The Morgan fingerprint density at radius 3 is 2.67 bits per heavy atom. The van der Waals surface area contributed by atoms with Crippen LogP contribution in [0.25, 0.3) is 0 Å². The fourth-order valence-electron chi connectivity index (χ4n) is 2.26. The number of benzene rings is 1. The molecule has 15 heavy (non-hydrogen) atoms. The van der Waals surface area contributed by atoms with Gasteiger partial charge in [-0.2, -0.15) is 0 Å². The molecule has 1 aromatic carbocycles. The molecule has 0 spiro atoms. The summed E-state index contributed by atoms with van der Waals surface area (Å²) in [4.78, 5) is 10.7. The highest BCUT2D eigenvalue weighted by Gasteiger charge is 2.48. The molecular formula is C12H13FO2. The van der Waals surface area contributed by atoms with Crippen LogP contribution in [-0.2, 0) is 10.2 Å². The molecule has 0 saturated heterocycles. The van der Waals surface area contributed by atoms with Crippen molar-refractivity contribution in [3.63, 3.8) is 0 Å². The van der Waals surface area contributed by atoms with E-state index in [2.05, 4.69) is 0 Å². The maximum absolute atomic E-state index is 13.6. The average molecular weight is 208 g/mol. The Bertz CT molecular complexity index is 388. The molecule has 1 fully saturated rings. The van der Waals surface area contributed by atoms with Crippen molar-refractivity contribution in [1.82, 2.24) is 0 Å². The zero-order valence-electron chi connectivity index (χ0n) is 8.59. The summed E-state index contributed by atoms with van der Waals surface area (Å²) in [7, 11) is 0. The van der Waals surface area contributed by atoms with Crippen molar-refractivity contribution >= 4 is 5.97 Å². The van der Waals surface area contributed by atoms with Gasteiger partial charge in [0.25, 0.3) is 0 Å². The zero-order chi connectivity index (χ0) is 11.1. The van der Waals surface area contributed by atoms with Crippen LogP contribution in [0.1, 0.15) is 30.4 Å². The largest absolute Gasteiger partial charge is 0.481 e. The SMILES string of the molecule is Cc1cccc(F)c1C1(CC(=O)O)CC1. The van der Waals surface area contributed by atoms with Crippen LogP contribution in [0.15, 0.2) is 18.2 Å². The number of carboxylic acid groups (broad SMARTS) is 1. The topological polar surface area (TPSA) is 37.3 Å². The van der Waals surface area contributed by atoms with E-state index in [4.69, 9.17) is 5.11 Å². The predicted molar refractivity (Wildman–Crippen MR) is 54.3 cm³/mol. The number of carboxylic acids is 1. The van der Waals surface area contributed by atoms with Crippen LogP contribution >= 0.6 is 0 Å². The molecule has 0 radical (unpaired) electrons. The highest BCUT2D eigenvalue weighted by Crippen LogP contribution is 2.52. The maximum atomic E-state index is 13.6. The molecule has 2 nitrogen and oxygen atoms in total. The van der Waals surface area contributed by atoms with Crippen LogP contribution in [0, 0.1) is 12.7 Å². The lowest BCUT2D eigenvalue weighted by molar-refractivity contribution is -0.137. The van der Waals surface area contributed by atoms with Crippen molar-refractivity contribution in [3.8, 4) is 0 Å². The third kappa shape index (κ3) is 1.74. The molecular weight excluding hydrogens is 195 g/mol. The Morgan fingerprint density at radius 1 is 1.53 bits per heavy atom. The van der Waals surface area contributed by atoms with Gasteiger partial charge in [0.15, 0.2) is 0 Å². The summed E-state index contributed by atoms with van der Waals surface area (Å²) in [6, 6.07) is 4.90. The summed E-state index contributed by atoms with van der Waals surface area (Å²) in [5.74, 6) is -1.12. The van der Waals surface area contributed by atoms with E-state index in [9.17, 15) is 9.18 Å². The second-order valence-electron chi connectivity index (χ2n) is 4.28. The van der Waals surface area contributed by atoms with Crippen molar-refractivity contribution in [2.45, 2.75) is 31.6 Å². The first-order valence-corrected chi connectivity index (χ1v) is 5.02. The lowest BCUT2D eigenvalue weighted by Crippen LogP contribution is -2.16. The first-order chi connectivity index (χ1) is 7.05. The number of aryl methyl sites for hydroxylation is 1. The minimum absolute atomic E-state index is 0.0365. The number of carbonyl (C=O) groups is 1. The Hall–Kier alpha value is -1.38. The smallest absolute Gasteiger partial charge is 0.304 e. The molecule has 3 heteroatoms. The third-order valence-corrected chi connectivity index (χ3v) is 3.10. The number of hydrogen-bond donors (Lipinski definition) is 1. The minimum atomic E-state index is -0.852. The van der Waals surface area contributed by atoms with Gasteiger partial charge in [0, 0.05) is 5.41 Å². The molecule has 0 unspecified atom stereocenters. The summed E-state index contributed by atoms with van der Waals surface area (Å²) in [6.45, 7) is 1.83. The standard InChI is InChI=1S/C12H13FO2/c1-8-3-2-4-9(13)11(8)12(5-6-12)7-10(14)15/h2-4H,5-7H2,1H3,(H,14,15). The molecule has 1 saturated carbocycles. The van der Waals surface area contributed by atoms with Crippen LogP contribution in [-0.4, -0.2) is 11.1 Å². The quantitative estimate of drug-likeness (QED) is 0.829. The van der Waals surface area contributed by atoms with E-state index >= 15 is 0 Å². The highest BCUT2D eigenvalue weighted by molar-refractivity contribution is 5.70. The summed E-state index contributed by atoms with van der Waals surface area (Å²) in [6.07, 6.45) is 1.59. The minimum Gasteiger partial charge on any atom is -0.481 e. The second-order valence-corrected chi connectivity index (χ2v) is 4.28. The van der Waals surface area contributed by atoms with Gasteiger partial charge in [-0.3, -0.25) is 4.79 Å². The van der Waals surface area contributed by atoms with Crippen LogP contribution < -0.4 is 0 Å². The summed E-state index contributed by atoms with van der Waals surface area (Å²) in [5.41, 5.74) is 1.03. The van der Waals surface area contributed by atoms with E-state index in [1.807, 2.05) is 13.0 Å². The second kappa shape index (κ2) is 3.33. The zero-order valence-corrected chi connectivity index (χ0v) is 8.59. The van der Waals surface area contributed by atoms with Crippen molar-refractivity contribution in [2.75, 3.05) is 0 Å². The third-order valence-electron chi connectivity index (χ3n) is 3.10. The van der Waals surface area contributed by atoms with Gasteiger partial charge in [0.1, 0.15) is 5.82 Å². The average Bonchev–Trinajstić information content (AvgIpc) is 2.83. The van der Waals surface area contributed by atoms with E-state index in [0.717, 1.165) is 18.4 Å². The number of rotatable bonds is 3. The molecule has 1 aromatic rings. The van der Waals surface area contributed by atoms with Crippen LogP contribution in [0.5, 0.6) is 0 Å². The lowest BCUT2D eigenvalue weighted by Gasteiger charge is -2.16. The molecule has 0 bridgehead atoms. The molecule has 1 aliphatic carbocycles. The van der Waals surface area contributed by atoms with Gasteiger partial charge in [-0.25, -0.2) is 4.39 Å². The fourth-order valence-corrected chi connectivity index (χ4v) is 2.26. The van der Waals surface area contributed by atoms with Gasteiger partial charge in [-0.15, -0.1) is 0 Å². The number of aliphatic carboxylic acids is 1. The number of halogens is 1. The van der Waals surface area contributed by atoms with E-state index in [1.54, 1.807) is 6.07 Å². The van der Waals surface area contributed by atoms with Gasteiger partial charge < -0.3 is 5.11 Å². The van der Waals surface area contributed by atoms with Gasteiger partial charge >= 0.3 is 5.97 Å². The Morgan fingerprint density at radius 2 is 2.20 bits per heavy atom. The molecule has 0 amide bonds. The molecule has 1 N–H and O–H groups in total. The van der Waals surface area contributed by atoms with Crippen LogP contribution in [0.2, 0.25) is 0 Å². The molecule has 0 atom stereocenters. The first kappa shape index (κ1) is 10.1. The van der Waals surface area contributed by atoms with Gasteiger partial charge in [-0.1, -0.05) is 12.1 Å².